The molecule has 22 heavy (non-hydrogen) atoms. The average Bonchev–Trinajstić information content (AvgIpc) is 2.86. The van der Waals surface area contributed by atoms with Crippen LogP contribution in [0.15, 0.2) is 48.7 Å². The zero-order chi connectivity index (χ0) is 15.9. The summed E-state index contributed by atoms with van der Waals surface area (Å²) in [6.07, 6.45) is -1.88. The lowest BCUT2D eigenvalue weighted by Gasteiger charge is -2.07. The fraction of sp³-hybridized carbons (Fsp3) is 0.118. The second-order valence-electron chi connectivity index (χ2n) is 5.08. The van der Waals surface area contributed by atoms with Crippen molar-refractivity contribution in [2.75, 3.05) is 0 Å². The monoisotopic (exact) mass is 303 g/mol. The van der Waals surface area contributed by atoms with Crippen molar-refractivity contribution in [3.05, 3.63) is 65.5 Å². The summed E-state index contributed by atoms with van der Waals surface area (Å²) in [5.41, 5.74) is 2.78. The van der Waals surface area contributed by atoms with Gasteiger partial charge in [-0.25, -0.2) is 0 Å². The standard InChI is InChI=1S/C17H12F3NO/c1-11-3-2-8-21-15(11)9-14(16(21)10-22)12-4-6-13(7-5-12)17(18,19)20/h2-10H,1H3. The largest absolute Gasteiger partial charge is 0.416 e. The number of aryl methyl sites for hydroxylation is 1. The van der Waals surface area contributed by atoms with Crippen molar-refractivity contribution >= 4 is 11.8 Å². The van der Waals surface area contributed by atoms with Crippen LogP contribution < -0.4 is 0 Å². The van der Waals surface area contributed by atoms with Gasteiger partial charge in [-0.3, -0.25) is 4.79 Å². The molecule has 2 aromatic heterocycles. The maximum Gasteiger partial charge on any atom is 0.416 e. The second-order valence-corrected chi connectivity index (χ2v) is 5.08. The molecule has 0 saturated heterocycles. The van der Waals surface area contributed by atoms with Crippen molar-refractivity contribution in [3.8, 4) is 11.1 Å². The Kier molecular flexibility index (Phi) is 3.28. The van der Waals surface area contributed by atoms with Gasteiger partial charge in [-0.05, 0) is 42.3 Å². The molecule has 0 atom stereocenters. The van der Waals surface area contributed by atoms with Gasteiger partial charge in [0.2, 0.25) is 0 Å². The summed E-state index contributed by atoms with van der Waals surface area (Å²) in [5.74, 6) is 0. The molecule has 0 amide bonds. The first-order valence-electron chi connectivity index (χ1n) is 6.65. The van der Waals surface area contributed by atoms with E-state index in [2.05, 4.69) is 0 Å². The van der Waals surface area contributed by atoms with Crippen LogP contribution in [0.4, 0.5) is 13.2 Å². The molecule has 0 N–H and O–H groups in total. The van der Waals surface area contributed by atoms with Gasteiger partial charge in [0.1, 0.15) is 0 Å². The van der Waals surface area contributed by atoms with Gasteiger partial charge < -0.3 is 4.40 Å². The Labute approximate surface area is 124 Å². The summed E-state index contributed by atoms with van der Waals surface area (Å²) in [6, 6.07) is 10.4. The summed E-state index contributed by atoms with van der Waals surface area (Å²) in [4.78, 5) is 11.4. The number of halogens is 3. The highest BCUT2D eigenvalue weighted by Gasteiger charge is 2.30. The minimum absolute atomic E-state index is 0.429. The molecule has 0 aliphatic heterocycles. The molecule has 3 aromatic rings. The van der Waals surface area contributed by atoms with Crippen LogP contribution in [0.25, 0.3) is 16.6 Å². The first kappa shape index (κ1) is 14.4. The van der Waals surface area contributed by atoms with Crippen molar-refractivity contribution in [2.45, 2.75) is 13.1 Å². The third-order valence-corrected chi connectivity index (χ3v) is 3.70. The Morgan fingerprint density at radius 1 is 1.09 bits per heavy atom. The van der Waals surface area contributed by atoms with Crippen LogP contribution in [0.1, 0.15) is 21.6 Å². The predicted octanol–water partition coefficient (Wildman–Crippen LogP) is 4.75. The van der Waals surface area contributed by atoms with E-state index in [-0.39, 0.29) is 0 Å². The maximum atomic E-state index is 12.6. The minimum Gasteiger partial charge on any atom is -0.313 e. The number of nitrogens with zero attached hydrogens (tertiary/aromatic N) is 1. The number of hydrogen-bond acceptors (Lipinski definition) is 1. The van der Waals surface area contributed by atoms with Crippen LogP contribution in [0.2, 0.25) is 0 Å². The van der Waals surface area contributed by atoms with E-state index in [4.69, 9.17) is 0 Å². The highest BCUT2D eigenvalue weighted by molar-refractivity contribution is 5.90. The molecular weight excluding hydrogens is 291 g/mol. The normalized spacial score (nSPS) is 11.8. The molecule has 112 valence electrons. The van der Waals surface area contributed by atoms with Crippen molar-refractivity contribution < 1.29 is 18.0 Å². The molecule has 2 nitrogen and oxygen atoms in total. The maximum absolute atomic E-state index is 12.6. The first-order chi connectivity index (χ1) is 10.4. The molecule has 5 heteroatoms. The Hall–Kier alpha value is -2.56. The number of benzene rings is 1. The number of carbonyl (C=O) groups is 1. The topological polar surface area (TPSA) is 21.5 Å². The van der Waals surface area contributed by atoms with E-state index in [1.165, 1.54) is 12.1 Å². The summed E-state index contributed by atoms with van der Waals surface area (Å²) >= 11 is 0. The number of hydrogen-bond donors (Lipinski definition) is 0. The van der Waals surface area contributed by atoms with Gasteiger partial charge >= 0.3 is 6.18 Å². The van der Waals surface area contributed by atoms with Crippen LogP contribution in [0, 0.1) is 6.92 Å². The third kappa shape index (κ3) is 2.28. The molecule has 0 bridgehead atoms. The van der Waals surface area contributed by atoms with Crippen LogP contribution in [-0.4, -0.2) is 10.7 Å². The molecule has 0 radical (unpaired) electrons. The summed E-state index contributed by atoms with van der Waals surface area (Å²) in [6.45, 7) is 1.92. The minimum atomic E-state index is -4.37. The van der Waals surface area contributed by atoms with E-state index in [9.17, 15) is 18.0 Å². The van der Waals surface area contributed by atoms with Crippen molar-refractivity contribution in [1.82, 2.24) is 4.40 Å². The first-order valence-corrected chi connectivity index (χ1v) is 6.65. The van der Waals surface area contributed by atoms with Gasteiger partial charge in [-0.1, -0.05) is 18.2 Å². The van der Waals surface area contributed by atoms with Crippen LogP contribution in [0.5, 0.6) is 0 Å². The Morgan fingerprint density at radius 2 is 1.77 bits per heavy atom. The van der Waals surface area contributed by atoms with E-state index >= 15 is 0 Å². The molecule has 0 spiro atoms. The fourth-order valence-electron chi connectivity index (χ4n) is 2.55. The Morgan fingerprint density at radius 3 is 2.36 bits per heavy atom. The van der Waals surface area contributed by atoms with E-state index in [1.54, 1.807) is 10.6 Å². The number of aromatic nitrogens is 1. The van der Waals surface area contributed by atoms with Crippen molar-refractivity contribution in [2.24, 2.45) is 0 Å². The molecule has 0 aliphatic rings. The molecule has 0 unspecified atom stereocenters. The van der Waals surface area contributed by atoms with Gasteiger partial charge in [0.05, 0.1) is 11.3 Å². The molecule has 0 aliphatic carbocycles. The number of rotatable bonds is 2. The zero-order valence-corrected chi connectivity index (χ0v) is 11.7. The summed E-state index contributed by atoms with van der Waals surface area (Å²) in [5, 5.41) is 0. The molecule has 0 fully saturated rings. The van der Waals surface area contributed by atoms with E-state index < -0.39 is 11.7 Å². The number of aldehydes is 1. The van der Waals surface area contributed by atoms with Crippen LogP contribution >= 0.6 is 0 Å². The molecule has 1 aromatic carbocycles. The number of fused-ring (bicyclic) bond motifs is 1. The number of pyridine rings is 1. The highest BCUT2D eigenvalue weighted by atomic mass is 19.4. The molecule has 2 heterocycles. The van der Waals surface area contributed by atoms with Crippen LogP contribution in [0.3, 0.4) is 0 Å². The SMILES string of the molecule is Cc1cccn2c(C=O)c(-c3ccc(C(F)(F)F)cc3)cc12. The Bertz CT molecular complexity index is 845. The van der Waals surface area contributed by atoms with Crippen LogP contribution in [-0.2, 0) is 6.18 Å². The highest BCUT2D eigenvalue weighted by Crippen LogP contribution is 2.33. The van der Waals surface area contributed by atoms with E-state index in [0.717, 1.165) is 29.5 Å². The quantitative estimate of drug-likeness (QED) is 0.626. The number of alkyl halides is 3. The van der Waals surface area contributed by atoms with E-state index in [0.29, 0.717) is 16.8 Å². The van der Waals surface area contributed by atoms with Crippen molar-refractivity contribution in [3.63, 3.8) is 0 Å². The predicted molar refractivity (Wildman–Crippen MR) is 78.0 cm³/mol. The van der Waals surface area contributed by atoms with Gasteiger partial charge in [0.25, 0.3) is 0 Å². The van der Waals surface area contributed by atoms with Gasteiger partial charge in [0.15, 0.2) is 6.29 Å². The average molecular weight is 303 g/mol. The lowest BCUT2D eigenvalue weighted by atomic mass is 10.0. The molecule has 0 saturated carbocycles. The van der Waals surface area contributed by atoms with Gasteiger partial charge in [0, 0.05) is 17.3 Å². The smallest absolute Gasteiger partial charge is 0.313 e. The third-order valence-electron chi connectivity index (χ3n) is 3.70. The lowest BCUT2D eigenvalue weighted by molar-refractivity contribution is -0.137. The second kappa shape index (κ2) is 5.02. The van der Waals surface area contributed by atoms with Gasteiger partial charge in [-0.15, -0.1) is 0 Å². The Balaban J connectivity index is 2.18. The van der Waals surface area contributed by atoms with E-state index in [1.807, 2.05) is 25.1 Å². The summed E-state index contributed by atoms with van der Waals surface area (Å²) < 4.78 is 39.6. The van der Waals surface area contributed by atoms with Gasteiger partial charge in [-0.2, -0.15) is 13.2 Å². The summed E-state index contributed by atoms with van der Waals surface area (Å²) in [7, 11) is 0. The molecule has 3 rings (SSSR count). The zero-order valence-electron chi connectivity index (χ0n) is 11.7. The fourth-order valence-corrected chi connectivity index (χ4v) is 2.55. The lowest BCUT2D eigenvalue weighted by Crippen LogP contribution is -2.04. The molecular formula is C17H12F3NO. The number of carbonyl (C=O) groups excluding carboxylic acids is 1. The van der Waals surface area contributed by atoms with Crippen molar-refractivity contribution in [1.29, 1.82) is 0 Å².